The van der Waals surface area contributed by atoms with Crippen molar-refractivity contribution in [2.75, 3.05) is 12.4 Å². The molecule has 1 rings (SSSR count). The fourth-order valence-corrected chi connectivity index (χ4v) is 1.60. The highest BCUT2D eigenvalue weighted by Gasteiger charge is 2.53. The van der Waals surface area contributed by atoms with Crippen LogP contribution in [0.1, 0.15) is 27.7 Å². The molecular weight excluding hydrogens is 218 g/mol. The highest BCUT2D eigenvalue weighted by Crippen LogP contribution is 2.39. The van der Waals surface area contributed by atoms with Crippen LogP contribution >= 0.6 is 11.6 Å². The third kappa shape index (κ3) is 2.25. The van der Waals surface area contributed by atoms with Gasteiger partial charge >= 0.3 is 5.97 Å². The lowest BCUT2D eigenvalue weighted by molar-refractivity contribution is -0.226. The molecule has 4 nitrogen and oxygen atoms in total. The predicted molar refractivity (Wildman–Crippen MR) is 58.1 cm³/mol. The minimum absolute atomic E-state index is 0.304. The molecule has 1 heterocycles. The van der Waals surface area contributed by atoms with E-state index in [1.54, 1.807) is 6.92 Å². The Hall–Kier alpha value is -0.770. The number of alkyl halides is 1. The van der Waals surface area contributed by atoms with Gasteiger partial charge in [-0.1, -0.05) is 13.8 Å². The third-order valence-electron chi connectivity index (χ3n) is 2.50. The first-order valence-corrected chi connectivity index (χ1v) is 5.32. The van der Waals surface area contributed by atoms with Crippen molar-refractivity contribution in [2.45, 2.75) is 33.5 Å². The first-order valence-electron chi connectivity index (χ1n) is 4.78. The molecule has 0 bridgehead atoms. The molecule has 0 aromatic carbocycles. The van der Waals surface area contributed by atoms with Crippen molar-refractivity contribution in [3.05, 3.63) is 0 Å². The molecule has 1 unspecified atom stereocenters. The maximum atomic E-state index is 11.1. The Morgan fingerprint density at radius 3 is 2.67 bits per heavy atom. The highest BCUT2D eigenvalue weighted by atomic mass is 35.5. The van der Waals surface area contributed by atoms with Gasteiger partial charge in [0.2, 0.25) is 0 Å². The topological polar surface area (TPSA) is 47.9 Å². The molecule has 0 aromatic rings. The number of carbonyl (C=O) groups is 1. The van der Waals surface area contributed by atoms with E-state index < -0.39 is 17.2 Å². The Balaban J connectivity index is 2.94. The predicted octanol–water partition coefficient (Wildman–Crippen LogP) is 1.96. The van der Waals surface area contributed by atoms with Gasteiger partial charge in [0.05, 0.1) is 5.41 Å². The van der Waals surface area contributed by atoms with E-state index in [9.17, 15) is 4.79 Å². The van der Waals surface area contributed by atoms with Crippen molar-refractivity contribution in [2.24, 2.45) is 10.4 Å². The van der Waals surface area contributed by atoms with Crippen LogP contribution in [0.5, 0.6) is 0 Å². The number of carbonyl (C=O) groups excluding carboxylic acids is 1. The number of nitrogens with zero attached hydrogens (tertiary/aromatic N) is 1. The van der Waals surface area contributed by atoms with E-state index in [-0.39, 0.29) is 0 Å². The lowest BCUT2D eigenvalue weighted by Crippen LogP contribution is -2.52. The van der Waals surface area contributed by atoms with Crippen LogP contribution < -0.4 is 0 Å². The van der Waals surface area contributed by atoms with Crippen LogP contribution in [-0.2, 0) is 14.3 Å². The Bertz CT molecular complexity index is 301. The highest BCUT2D eigenvalue weighted by molar-refractivity contribution is 6.18. The Kier molecular flexibility index (Phi) is 3.28. The summed E-state index contributed by atoms with van der Waals surface area (Å²) in [4.78, 5) is 15.2. The summed E-state index contributed by atoms with van der Waals surface area (Å²) in [6.07, 6.45) is 0. The number of hydrogen-bond donors (Lipinski definition) is 0. The van der Waals surface area contributed by atoms with Gasteiger partial charge in [0.15, 0.2) is 5.90 Å². The van der Waals surface area contributed by atoms with Crippen molar-refractivity contribution in [1.29, 1.82) is 0 Å². The summed E-state index contributed by atoms with van der Waals surface area (Å²) in [5, 5.41) is 0. The molecule has 0 radical (unpaired) electrons. The normalized spacial score (nSPS) is 25.8. The summed E-state index contributed by atoms with van der Waals surface area (Å²) in [7, 11) is 0. The van der Waals surface area contributed by atoms with E-state index in [1.165, 1.54) is 6.92 Å². The molecule has 0 N–H and O–H groups in total. The molecule has 0 aliphatic carbocycles. The van der Waals surface area contributed by atoms with Crippen LogP contribution in [0.3, 0.4) is 0 Å². The molecule has 0 spiro atoms. The summed E-state index contributed by atoms with van der Waals surface area (Å²) >= 11 is 5.87. The Morgan fingerprint density at radius 2 is 2.33 bits per heavy atom. The molecule has 1 atom stereocenters. The molecule has 86 valence electrons. The van der Waals surface area contributed by atoms with Crippen LogP contribution in [0.2, 0.25) is 0 Å². The third-order valence-corrected chi connectivity index (χ3v) is 3.16. The summed E-state index contributed by atoms with van der Waals surface area (Å²) < 4.78 is 10.8. The average molecular weight is 234 g/mol. The van der Waals surface area contributed by atoms with Gasteiger partial charge in [-0.25, -0.2) is 4.99 Å². The van der Waals surface area contributed by atoms with Crippen LogP contribution in [0.15, 0.2) is 4.99 Å². The summed E-state index contributed by atoms with van der Waals surface area (Å²) in [5.74, 6) is -0.596. The number of ether oxygens (including phenoxy) is 2. The van der Waals surface area contributed by atoms with Crippen LogP contribution in [-0.4, -0.2) is 30.1 Å². The molecule has 0 aromatic heterocycles. The zero-order chi connectivity index (χ0) is 11.7. The van der Waals surface area contributed by atoms with E-state index >= 15 is 0 Å². The van der Waals surface area contributed by atoms with Gasteiger partial charge < -0.3 is 9.47 Å². The second kappa shape index (κ2) is 4.00. The lowest BCUT2D eigenvalue weighted by Gasteiger charge is -2.39. The quantitative estimate of drug-likeness (QED) is 0.553. The van der Waals surface area contributed by atoms with Gasteiger partial charge in [0, 0.05) is 19.7 Å². The molecule has 0 fully saturated rings. The van der Waals surface area contributed by atoms with Gasteiger partial charge in [-0.15, -0.1) is 11.6 Å². The fraction of sp³-hybridized carbons (Fsp3) is 0.800. The minimum Gasteiger partial charge on any atom is -0.437 e. The van der Waals surface area contributed by atoms with E-state index in [0.717, 1.165) is 0 Å². The van der Waals surface area contributed by atoms with E-state index in [0.29, 0.717) is 18.3 Å². The second-order valence-corrected chi connectivity index (χ2v) is 4.57. The lowest BCUT2D eigenvalue weighted by atomic mass is 9.85. The van der Waals surface area contributed by atoms with E-state index in [4.69, 9.17) is 21.1 Å². The molecule has 1 aliphatic heterocycles. The standard InChI is InChI=1S/C10H16ClNO3/c1-7-12-6-10(14-7,15-8(2)13)9(3,4)5-11/h5-6H2,1-4H3. The summed E-state index contributed by atoms with van der Waals surface area (Å²) in [6.45, 7) is 7.16. The molecule has 1 aliphatic rings. The Labute approximate surface area is 94.6 Å². The fourth-order valence-electron chi connectivity index (χ4n) is 1.40. The maximum Gasteiger partial charge on any atom is 0.306 e. The largest absolute Gasteiger partial charge is 0.437 e. The van der Waals surface area contributed by atoms with Crippen LogP contribution in [0, 0.1) is 5.41 Å². The monoisotopic (exact) mass is 233 g/mol. The molecule has 5 heteroatoms. The van der Waals surface area contributed by atoms with Crippen molar-refractivity contribution < 1.29 is 14.3 Å². The van der Waals surface area contributed by atoms with Crippen LogP contribution in [0.25, 0.3) is 0 Å². The van der Waals surface area contributed by atoms with Crippen molar-refractivity contribution in [3.8, 4) is 0 Å². The van der Waals surface area contributed by atoms with E-state index in [1.807, 2.05) is 13.8 Å². The molecule has 0 amide bonds. The molecule has 15 heavy (non-hydrogen) atoms. The van der Waals surface area contributed by atoms with Gasteiger partial charge in [0.1, 0.15) is 6.54 Å². The van der Waals surface area contributed by atoms with Crippen molar-refractivity contribution in [1.82, 2.24) is 0 Å². The molecule has 0 saturated carbocycles. The number of rotatable bonds is 3. The SMILES string of the molecule is CC(=O)OC1(C(C)(C)CCl)CN=C(C)O1. The maximum absolute atomic E-state index is 11.1. The first kappa shape index (κ1) is 12.3. The van der Waals surface area contributed by atoms with E-state index in [2.05, 4.69) is 4.99 Å². The van der Waals surface area contributed by atoms with Crippen LogP contribution in [0.4, 0.5) is 0 Å². The smallest absolute Gasteiger partial charge is 0.306 e. The van der Waals surface area contributed by atoms with Gasteiger partial charge in [0.25, 0.3) is 5.79 Å². The average Bonchev–Trinajstić information content (AvgIpc) is 2.48. The van der Waals surface area contributed by atoms with Crippen molar-refractivity contribution >= 4 is 23.5 Å². The first-order chi connectivity index (χ1) is 6.83. The number of aliphatic imine (C=N–C) groups is 1. The summed E-state index contributed by atoms with van der Waals surface area (Å²) in [5.41, 5.74) is -0.485. The second-order valence-electron chi connectivity index (χ2n) is 4.30. The Morgan fingerprint density at radius 1 is 1.73 bits per heavy atom. The van der Waals surface area contributed by atoms with Gasteiger partial charge in [-0.3, -0.25) is 4.79 Å². The number of halogens is 1. The minimum atomic E-state index is -1.05. The molecule has 0 saturated heterocycles. The van der Waals surface area contributed by atoms with Crippen molar-refractivity contribution in [3.63, 3.8) is 0 Å². The number of hydrogen-bond acceptors (Lipinski definition) is 4. The summed E-state index contributed by atoms with van der Waals surface area (Å²) in [6, 6.07) is 0. The van der Waals surface area contributed by atoms with Gasteiger partial charge in [-0.05, 0) is 0 Å². The van der Waals surface area contributed by atoms with Gasteiger partial charge in [-0.2, -0.15) is 0 Å². The zero-order valence-corrected chi connectivity index (χ0v) is 10.2. The number of esters is 1. The molecular formula is C10H16ClNO3. The zero-order valence-electron chi connectivity index (χ0n) is 9.46.